The Hall–Kier alpha value is -0.780. The van der Waals surface area contributed by atoms with Gasteiger partial charge in [0.25, 0.3) is 0 Å². The third kappa shape index (κ3) is 3.61. The Morgan fingerprint density at radius 3 is 2.79 bits per heavy atom. The van der Waals surface area contributed by atoms with Gasteiger partial charge in [-0.2, -0.15) is 0 Å². The predicted molar refractivity (Wildman–Crippen MR) is 80.9 cm³/mol. The lowest BCUT2D eigenvalue weighted by Crippen LogP contribution is -2.18. The third-order valence-corrected chi connectivity index (χ3v) is 4.97. The molecule has 1 atom stereocenters. The minimum absolute atomic E-state index is 0.210. The van der Waals surface area contributed by atoms with Gasteiger partial charge in [-0.15, -0.1) is 11.3 Å². The number of aryl methyl sites for hydroxylation is 2. The fraction of sp³-hybridized carbons (Fsp3) is 0.357. The molecule has 1 heterocycles. The highest BCUT2D eigenvalue weighted by Gasteiger charge is 2.13. The van der Waals surface area contributed by atoms with Crippen molar-refractivity contribution < 1.29 is 4.39 Å². The predicted octanol–water partition coefficient (Wildman–Crippen LogP) is 4.51. The van der Waals surface area contributed by atoms with Crippen LogP contribution >= 0.6 is 27.3 Å². The smallest absolute Gasteiger partial charge is 0.123 e. The van der Waals surface area contributed by atoms with Gasteiger partial charge in [-0.3, -0.25) is 0 Å². The van der Waals surface area contributed by atoms with Crippen molar-refractivity contribution in [3.05, 3.63) is 49.6 Å². The molecule has 2 aromatic rings. The van der Waals surface area contributed by atoms with E-state index in [2.05, 4.69) is 33.2 Å². The Balaban J connectivity index is 2.06. The largest absolute Gasteiger partial charge is 0.305 e. The van der Waals surface area contributed by atoms with Gasteiger partial charge >= 0.3 is 0 Å². The molecular weight excluding hydrogens is 327 g/mol. The Kier molecular flexibility index (Phi) is 4.71. The Bertz CT molecular complexity index is 583. The number of hydrogen-bond donors (Lipinski definition) is 1. The van der Waals surface area contributed by atoms with E-state index in [9.17, 15) is 4.39 Å². The first-order valence-corrected chi connectivity index (χ1v) is 7.69. The van der Waals surface area contributed by atoms with Gasteiger partial charge < -0.3 is 5.32 Å². The van der Waals surface area contributed by atoms with Crippen LogP contribution in [-0.4, -0.2) is 4.98 Å². The SMILES string of the molecule is Cc1nc(C)c(C(C)NCc2cc(F)ccc2Br)s1. The molecule has 5 heteroatoms. The molecular formula is C14H16BrFN2S. The zero-order valence-electron chi connectivity index (χ0n) is 11.1. The second-order valence-corrected chi connectivity index (χ2v) is 6.61. The Morgan fingerprint density at radius 2 is 2.16 bits per heavy atom. The van der Waals surface area contributed by atoms with Gasteiger partial charge in [0.1, 0.15) is 5.82 Å². The molecule has 0 aliphatic heterocycles. The average Bonchev–Trinajstić information content (AvgIpc) is 2.69. The molecule has 0 fully saturated rings. The van der Waals surface area contributed by atoms with Crippen molar-refractivity contribution in [1.29, 1.82) is 0 Å². The van der Waals surface area contributed by atoms with Crippen LogP contribution in [0, 0.1) is 19.7 Å². The van der Waals surface area contributed by atoms with Crippen molar-refractivity contribution in [2.24, 2.45) is 0 Å². The number of benzene rings is 1. The van der Waals surface area contributed by atoms with Crippen LogP contribution in [0.4, 0.5) is 4.39 Å². The first-order chi connectivity index (χ1) is 8.97. The van der Waals surface area contributed by atoms with Gasteiger partial charge in [0.15, 0.2) is 0 Å². The minimum atomic E-state index is -0.211. The number of nitrogens with one attached hydrogen (secondary N) is 1. The molecule has 0 saturated heterocycles. The Labute approximate surface area is 125 Å². The quantitative estimate of drug-likeness (QED) is 0.883. The van der Waals surface area contributed by atoms with E-state index in [1.54, 1.807) is 23.5 Å². The van der Waals surface area contributed by atoms with E-state index in [-0.39, 0.29) is 11.9 Å². The van der Waals surface area contributed by atoms with Crippen LogP contribution in [0.25, 0.3) is 0 Å². The normalized spacial score (nSPS) is 12.7. The van der Waals surface area contributed by atoms with Crippen LogP contribution in [0.15, 0.2) is 22.7 Å². The minimum Gasteiger partial charge on any atom is -0.305 e. The highest BCUT2D eigenvalue weighted by Crippen LogP contribution is 2.25. The zero-order valence-corrected chi connectivity index (χ0v) is 13.5. The fourth-order valence-corrected chi connectivity index (χ4v) is 3.32. The van der Waals surface area contributed by atoms with E-state index in [1.165, 1.54) is 10.9 Å². The maximum absolute atomic E-state index is 13.2. The molecule has 1 N–H and O–H groups in total. The van der Waals surface area contributed by atoms with Gasteiger partial charge in [-0.05, 0) is 44.5 Å². The number of nitrogens with zero attached hydrogens (tertiary/aromatic N) is 1. The molecule has 1 aromatic carbocycles. The van der Waals surface area contributed by atoms with E-state index in [0.29, 0.717) is 6.54 Å². The molecule has 102 valence electrons. The molecule has 0 saturated carbocycles. The van der Waals surface area contributed by atoms with Crippen molar-refractivity contribution in [3.63, 3.8) is 0 Å². The molecule has 0 aliphatic rings. The number of halogens is 2. The summed E-state index contributed by atoms with van der Waals surface area (Å²) in [6.45, 7) is 6.76. The van der Waals surface area contributed by atoms with Crippen LogP contribution in [0.2, 0.25) is 0 Å². The van der Waals surface area contributed by atoms with Crippen LogP contribution in [0.5, 0.6) is 0 Å². The van der Waals surface area contributed by atoms with Crippen molar-refractivity contribution in [3.8, 4) is 0 Å². The zero-order chi connectivity index (χ0) is 14.0. The van der Waals surface area contributed by atoms with E-state index >= 15 is 0 Å². The van der Waals surface area contributed by atoms with Crippen LogP contribution in [-0.2, 0) is 6.54 Å². The molecule has 1 unspecified atom stereocenters. The van der Waals surface area contributed by atoms with Crippen LogP contribution in [0.1, 0.15) is 34.1 Å². The lowest BCUT2D eigenvalue weighted by molar-refractivity contribution is 0.572. The number of hydrogen-bond acceptors (Lipinski definition) is 3. The van der Waals surface area contributed by atoms with E-state index < -0.39 is 0 Å². The summed E-state index contributed by atoms with van der Waals surface area (Å²) in [6, 6.07) is 4.95. The Morgan fingerprint density at radius 1 is 1.42 bits per heavy atom. The van der Waals surface area contributed by atoms with Crippen molar-refractivity contribution in [2.75, 3.05) is 0 Å². The van der Waals surface area contributed by atoms with Crippen molar-refractivity contribution in [2.45, 2.75) is 33.4 Å². The highest BCUT2D eigenvalue weighted by atomic mass is 79.9. The maximum atomic E-state index is 13.2. The standard InChI is InChI=1S/C14H16BrFN2S/c1-8(14-9(2)18-10(3)19-14)17-7-11-6-12(16)4-5-13(11)15/h4-6,8,17H,7H2,1-3H3. The molecule has 0 amide bonds. The van der Waals surface area contributed by atoms with Crippen molar-refractivity contribution in [1.82, 2.24) is 10.3 Å². The monoisotopic (exact) mass is 342 g/mol. The number of rotatable bonds is 4. The second kappa shape index (κ2) is 6.11. The summed E-state index contributed by atoms with van der Waals surface area (Å²) >= 11 is 5.14. The first kappa shape index (κ1) is 14.6. The van der Waals surface area contributed by atoms with E-state index in [4.69, 9.17) is 0 Å². The van der Waals surface area contributed by atoms with E-state index in [1.807, 2.05) is 13.8 Å². The summed E-state index contributed by atoms with van der Waals surface area (Å²) in [6.07, 6.45) is 0. The van der Waals surface area contributed by atoms with Crippen LogP contribution < -0.4 is 5.32 Å². The summed E-state index contributed by atoms with van der Waals surface area (Å²) in [5.74, 6) is -0.211. The molecule has 0 radical (unpaired) electrons. The van der Waals surface area contributed by atoms with Gasteiger partial charge in [0, 0.05) is 21.9 Å². The first-order valence-electron chi connectivity index (χ1n) is 6.08. The summed E-state index contributed by atoms with van der Waals surface area (Å²) in [4.78, 5) is 5.67. The van der Waals surface area contributed by atoms with E-state index in [0.717, 1.165) is 20.7 Å². The highest BCUT2D eigenvalue weighted by molar-refractivity contribution is 9.10. The second-order valence-electron chi connectivity index (χ2n) is 4.52. The number of thiazole rings is 1. The summed E-state index contributed by atoms with van der Waals surface area (Å²) in [7, 11) is 0. The fourth-order valence-electron chi connectivity index (χ4n) is 1.98. The molecule has 19 heavy (non-hydrogen) atoms. The molecule has 1 aromatic heterocycles. The molecule has 0 spiro atoms. The van der Waals surface area contributed by atoms with Crippen molar-refractivity contribution >= 4 is 27.3 Å². The topological polar surface area (TPSA) is 24.9 Å². The molecule has 0 bridgehead atoms. The lowest BCUT2D eigenvalue weighted by atomic mass is 10.2. The van der Waals surface area contributed by atoms with Gasteiger partial charge in [0.2, 0.25) is 0 Å². The molecule has 2 nitrogen and oxygen atoms in total. The van der Waals surface area contributed by atoms with Gasteiger partial charge in [-0.1, -0.05) is 15.9 Å². The van der Waals surface area contributed by atoms with Gasteiger partial charge in [-0.25, -0.2) is 9.37 Å². The lowest BCUT2D eigenvalue weighted by Gasteiger charge is -2.13. The summed E-state index contributed by atoms with van der Waals surface area (Å²) in [5, 5.41) is 4.49. The molecule has 2 rings (SSSR count). The summed E-state index contributed by atoms with van der Waals surface area (Å²) < 4.78 is 14.1. The maximum Gasteiger partial charge on any atom is 0.123 e. The average molecular weight is 343 g/mol. The third-order valence-electron chi connectivity index (χ3n) is 2.94. The summed E-state index contributed by atoms with van der Waals surface area (Å²) in [5.41, 5.74) is 1.99. The van der Waals surface area contributed by atoms with Crippen LogP contribution in [0.3, 0.4) is 0 Å². The number of aromatic nitrogens is 1. The van der Waals surface area contributed by atoms with Gasteiger partial charge in [0.05, 0.1) is 10.7 Å². The molecule has 0 aliphatic carbocycles.